The summed E-state index contributed by atoms with van der Waals surface area (Å²) in [4.78, 5) is 40.0. The van der Waals surface area contributed by atoms with Crippen molar-refractivity contribution in [1.29, 1.82) is 0 Å². The van der Waals surface area contributed by atoms with Crippen LogP contribution in [0.5, 0.6) is 5.75 Å². The number of piperazine rings is 1. The number of hydrogen-bond acceptors (Lipinski definition) is 5. The summed E-state index contributed by atoms with van der Waals surface area (Å²) in [6.45, 7) is -0.0110. The molecule has 3 N–H and O–H groups in total. The minimum atomic E-state index is -4.86. The van der Waals surface area contributed by atoms with Gasteiger partial charge in [-0.05, 0) is 36.2 Å². The highest BCUT2D eigenvalue weighted by atomic mass is 19.4. The number of benzene rings is 2. The molecule has 0 bridgehead atoms. The lowest BCUT2D eigenvalue weighted by Gasteiger charge is -2.34. The van der Waals surface area contributed by atoms with Crippen molar-refractivity contribution in [2.45, 2.75) is 37.1 Å². The number of carbonyl (C=O) groups is 3. The van der Waals surface area contributed by atoms with Gasteiger partial charge in [0, 0.05) is 19.0 Å². The van der Waals surface area contributed by atoms with Gasteiger partial charge in [-0.25, -0.2) is 4.68 Å². The fraction of sp³-hybridized carbons (Fsp3) is 0.280. The molecule has 3 amide bonds. The molecule has 192 valence electrons. The van der Waals surface area contributed by atoms with Gasteiger partial charge >= 0.3 is 6.18 Å². The maximum atomic E-state index is 13.9. The van der Waals surface area contributed by atoms with Crippen LogP contribution in [0.25, 0.3) is 5.69 Å². The smallest absolute Gasteiger partial charge is 0.434 e. The van der Waals surface area contributed by atoms with Gasteiger partial charge in [0.2, 0.25) is 11.8 Å². The summed E-state index contributed by atoms with van der Waals surface area (Å²) in [7, 11) is 0. The first-order valence-electron chi connectivity index (χ1n) is 11.5. The van der Waals surface area contributed by atoms with E-state index in [9.17, 15) is 32.7 Å². The van der Waals surface area contributed by atoms with Gasteiger partial charge in [-0.15, -0.1) is 0 Å². The molecule has 0 aliphatic carbocycles. The van der Waals surface area contributed by atoms with Crippen LogP contribution in [0.2, 0.25) is 0 Å². The maximum absolute atomic E-state index is 13.9. The van der Waals surface area contributed by atoms with Gasteiger partial charge in [0.15, 0.2) is 5.69 Å². The molecular formula is C25H22F3N5O4. The van der Waals surface area contributed by atoms with E-state index in [4.69, 9.17) is 0 Å². The van der Waals surface area contributed by atoms with E-state index in [1.165, 1.54) is 29.2 Å². The molecular weight excluding hydrogens is 491 g/mol. The number of aromatic nitrogens is 2. The summed E-state index contributed by atoms with van der Waals surface area (Å²) in [5.41, 5.74) is -0.986. The van der Waals surface area contributed by atoms with Crippen molar-refractivity contribution in [1.82, 2.24) is 25.3 Å². The minimum absolute atomic E-state index is 0.0110. The SMILES string of the molecule is O=C(N[C@H]1C[C@H]2C(=O)N[C@@H](Cc3ccc(O)cc3)C(=O)N2C1)c1cnn(-c2ccccc2)c1C(F)(F)F. The molecule has 37 heavy (non-hydrogen) atoms. The molecule has 1 aromatic heterocycles. The average Bonchev–Trinajstić information content (AvgIpc) is 3.50. The van der Waals surface area contributed by atoms with Gasteiger partial charge in [-0.1, -0.05) is 30.3 Å². The zero-order chi connectivity index (χ0) is 26.3. The molecule has 2 saturated heterocycles. The Morgan fingerprint density at radius 1 is 1.11 bits per heavy atom. The largest absolute Gasteiger partial charge is 0.508 e. The van der Waals surface area contributed by atoms with Crippen LogP contribution in [0.1, 0.15) is 28.0 Å². The Hall–Kier alpha value is -4.35. The number of carbonyl (C=O) groups excluding carboxylic acids is 3. The number of para-hydroxylation sites is 1. The number of halogens is 3. The van der Waals surface area contributed by atoms with Crippen molar-refractivity contribution in [3.05, 3.63) is 77.6 Å². The molecule has 9 nitrogen and oxygen atoms in total. The second-order valence-electron chi connectivity index (χ2n) is 9.00. The second kappa shape index (κ2) is 9.26. The molecule has 2 fully saturated rings. The molecule has 3 aromatic rings. The Kier molecular flexibility index (Phi) is 6.10. The topological polar surface area (TPSA) is 117 Å². The number of aromatic hydroxyl groups is 1. The third-order valence-electron chi connectivity index (χ3n) is 6.50. The molecule has 3 atom stereocenters. The van der Waals surface area contributed by atoms with E-state index in [0.717, 1.165) is 11.8 Å². The van der Waals surface area contributed by atoms with Gasteiger partial charge in [0.1, 0.15) is 17.8 Å². The third kappa shape index (κ3) is 4.74. The number of phenols is 1. The molecule has 5 rings (SSSR count). The number of amides is 3. The van der Waals surface area contributed by atoms with Crippen molar-refractivity contribution in [2.24, 2.45) is 0 Å². The van der Waals surface area contributed by atoms with E-state index in [-0.39, 0.29) is 36.7 Å². The number of nitrogens with one attached hydrogen (secondary N) is 2. The van der Waals surface area contributed by atoms with Crippen LogP contribution in [-0.2, 0) is 22.2 Å². The average molecular weight is 513 g/mol. The quantitative estimate of drug-likeness (QED) is 0.483. The van der Waals surface area contributed by atoms with Crippen molar-refractivity contribution in [3.8, 4) is 11.4 Å². The minimum Gasteiger partial charge on any atom is -0.508 e. The van der Waals surface area contributed by atoms with E-state index in [1.54, 1.807) is 30.3 Å². The summed E-state index contributed by atoms with van der Waals surface area (Å²) in [6, 6.07) is 11.5. The lowest BCUT2D eigenvalue weighted by Crippen LogP contribution is -2.61. The Labute approximate surface area is 208 Å². The predicted molar refractivity (Wildman–Crippen MR) is 124 cm³/mol. The summed E-state index contributed by atoms with van der Waals surface area (Å²) in [6.07, 6.45) is -3.72. The van der Waals surface area contributed by atoms with Gasteiger partial charge in [0.25, 0.3) is 5.91 Å². The standard InChI is InChI=1S/C25H22F3N5O4/c26-25(27,28)21-18(12-29-33(21)16-4-2-1-3-5-16)22(35)30-15-11-20-23(36)31-19(24(37)32(20)13-15)10-14-6-8-17(34)9-7-14/h1-9,12,15,19-20,34H,10-11,13H2,(H,30,35)(H,31,36)/t15-,19-,20-/m0/s1. The van der Waals surface area contributed by atoms with Crippen molar-refractivity contribution >= 4 is 17.7 Å². The van der Waals surface area contributed by atoms with Gasteiger partial charge < -0.3 is 20.6 Å². The Bertz CT molecular complexity index is 1340. The zero-order valence-electron chi connectivity index (χ0n) is 19.3. The fourth-order valence-electron chi connectivity index (χ4n) is 4.78. The fourth-order valence-corrected chi connectivity index (χ4v) is 4.78. The van der Waals surface area contributed by atoms with Crippen molar-refractivity contribution in [2.75, 3.05) is 6.54 Å². The zero-order valence-corrected chi connectivity index (χ0v) is 19.3. The van der Waals surface area contributed by atoms with Crippen LogP contribution >= 0.6 is 0 Å². The van der Waals surface area contributed by atoms with Crippen LogP contribution in [0.3, 0.4) is 0 Å². The molecule has 2 aliphatic rings. The summed E-state index contributed by atoms with van der Waals surface area (Å²) in [5, 5.41) is 18.5. The monoisotopic (exact) mass is 513 g/mol. The Balaban J connectivity index is 1.31. The lowest BCUT2D eigenvalue weighted by molar-refractivity contribution is -0.147. The highest BCUT2D eigenvalue weighted by Crippen LogP contribution is 2.34. The van der Waals surface area contributed by atoms with E-state index < -0.39 is 47.4 Å². The molecule has 3 heterocycles. The Morgan fingerprint density at radius 3 is 2.49 bits per heavy atom. The molecule has 2 aliphatic heterocycles. The molecule has 12 heteroatoms. The molecule has 0 spiro atoms. The molecule has 0 saturated carbocycles. The van der Waals surface area contributed by atoms with Gasteiger partial charge in [-0.2, -0.15) is 18.3 Å². The maximum Gasteiger partial charge on any atom is 0.434 e. The van der Waals surface area contributed by atoms with Crippen molar-refractivity contribution < 1.29 is 32.7 Å². The van der Waals surface area contributed by atoms with E-state index in [1.807, 2.05) is 0 Å². The highest BCUT2D eigenvalue weighted by Gasteiger charge is 2.47. The number of phenolic OH excluding ortho intramolecular Hbond substituents is 1. The van der Waals surface area contributed by atoms with Crippen LogP contribution in [0.15, 0.2) is 60.8 Å². The van der Waals surface area contributed by atoms with Crippen LogP contribution in [-0.4, -0.2) is 62.2 Å². The first-order valence-corrected chi connectivity index (χ1v) is 11.5. The molecule has 0 radical (unpaired) electrons. The first kappa shape index (κ1) is 24.3. The molecule has 2 aromatic carbocycles. The normalized spacial score (nSPS) is 21.5. The predicted octanol–water partition coefficient (Wildman–Crippen LogP) is 2.04. The summed E-state index contributed by atoms with van der Waals surface area (Å²) < 4.78 is 42.5. The number of alkyl halides is 3. The van der Waals surface area contributed by atoms with E-state index >= 15 is 0 Å². The highest BCUT2D eigenvalue weighted by molar-refractivity contribution is 5.99. The van der Waals surface area contributed by atoms with Crippen molar-refractivity contribution in [3.63, 3.8) is 0 Å². The van der Waals surface area contributed by atoms with Crippen LogP contribution < -0.4 is 10.6 Å². The van der Waals surface area contributed by atoms with E-state index in [0.29, 0.717) is 4.68 Å². The molecule has 0 unspecified atom stereocenters. The summed E-state index contributed by atoms with van der Waals surface area (Å²) >= 11 is 0. The number of hydrogen-bond donors (Lipinski definition) is 3. The number of rotatable bonds is 5. The van der Waals surface area contributed by atoms with Crippen LogP contribution in [0, 0.1) is 0 Å². The number of nitrogens with zero attached hydrogens (tertiary/aromatic N) is 3. The van der Waals surface area contributed by atoms with E-state index in [2.05, 4.69) is 15.7 Å². The Morgan fingerprint density at radius 2 is 1.81 bits per heavy atom. The number of fused-ring (bicyclic) bond motifs is 1. The summed E-state index contributed by atoms with van der Waals surface area (Å²) in [5.74, 6) is -1.66. The third-order valence-corrected chi connectivity index (χ3v) is 6.50. The lowest BCUT2D eigenvalue weighted by atomic mass is 10.0. The second-order valence-corrected chi connectivity index (χ2v) is 9.00. The van der Waals surface area contributed by atoms with Gasteiger partial charge in [0.05, 0.1) is 17.4 Å². The van der Waals surface area contributed by atoms with Gasteiger partial charge in [-0.3, -0.25) is 14.4 Å². The first-order chi connectivity index (χ1) is 17.6. The van der Waals surface area contributed by atoms with Crippen LogP contribution in [0.4, 0.5) is 13.2 Å².